The first-order valence-corrected chi connectivity index (χ1v) is 15.2. The third kappa shape index (κ3) is 5.23. The Bertz CT molecular complexity index is 1810. The van der Waals surface area contributed by atoms with Gasteiger partial charge in [0.05, 0.1) is 25.7 Å². The lowest BCUT2D eigenvalue weighted by molar-refractivity contribution is -0.137. The minimum Gasteiger partial charge on any atom is -0.481 e. The van der Waals surface area contributed by atoms with Gasteiger partial charge in [0.1, 0.15) is 10.7 Å². The Hall–Kier alpha value is -4.01. The highest BCUT2D eigenvalue weighted by Crippen LogP contribution is 2.36. The number of benzene rings is 1. The summed E-state index contributed by atoms with van der Waals surface area (Å²) in [7, 11) is -3.93. The standard InChI is InChI=1S/C29H30F2N6O5S/c1-17-5-6-19(23(13-25(38)39)22-7-9-37-27(18(22)2)33-34-29(37)26(30)31)12-20(17)14-35-15-21-16-42-11-10-36(21)28-24(43(35,40)41)4-3-8-32-28/h3-9,12,21,23,26H,10-11,13-16H2,1-2H3,(H,38,39)/t21-,23+/m0/s1. The van der Waals surface area contributed by atoms with Crippen molar-refractivity contribution < 1.29 is 31.8 Å². The number of rotatable bonds is 7. The smallest absolute Gasteiger partial charge is 0.304 e. The van der Waals surface area contributed by atoms with Crippen LogP contribution in [0.1, 0.15) is 52.4 Å². The van der Waals surface area contributed by atoms with Crippen molar-refractivity contribution in [2.75, 3.05) is 31.2 Å². The molecule has 1 N–H and O–H groups in total. The van der Waals surface area contributed by atoms with Crippen molar-refractivity contribution in [2.24, 2.45) is 0 Å². The van der Waals surface area contributed by atoms with E-state index in [2.05, 4.69) is 15.2 Å². The van der Waals surface area contributed by atoms with Gasteiger partial charge in [-0.25, -0.2) is 22.2 Å². The highest BCUT2D eigenvalue weighted by molar-refractivity contribution is 7.89. The molecule has 43 heavy (non-hydrogen) atoms. The molecule has 226 valence electrons. The van der Waals surface area contributed by atoms with Gasteiger partial charge in [0.2, 0.25) is 15.8 Å². The zero-order valence-electron chi connectivity index (χ0n) is 23.5. The molecule has 1 fully saturated rings. The molecule has 1 aromatic carbocycles. The topological polar surface area (TPSA) is 130 Å². The zero-order chi connectivity index (χ0) is 30.5. The average molecular weight is 613 g/mol. The molecule has 11 nitrogen and oxygen atoms in total. The Kier molecular flexibility index (Phi) is 7.60. The lowest BCUT2D eigenvalue weighted by Crippen LogP contribution is -2.50. The average Bonchev–Trinajstić information content (AvgIpc) is 3.39. The molecule has 0 amide bonds. The van der Waals surface area contributed by atoms with Crippen LogP contribution in [-0.4, -0.2) is 75.7 Å². The number of alkyl halides is 2. The molecule has 2 atom stereocenters. The minimum atomic E-state index is -3.93. The number of carbonyl (C=O) groups is 1. The fourth-order valence-electron chi connectivity index (χ4n) is 6.00. The van der Waals surface area contributed by atoms with Crippen LogP contribution in [0.25, 0.3) is 5.65 Å². The summed E-state index contributed by atoms with van der Waals surface area (Å²) in [4.78, 5) is 18.6. The lowest BCUT2D eigenvalue weighted by atomic mass is 9.85. The third-order valence-electron chi connectivity index (χ3n) is 8.25. The number of halogens is 2. The summed E-state index contributed by atoms with van der Waals surface area (Å²) in [5.74, 6) is -1.77. The third-order valence-corrected chi connectivity index (χ3v) is 10.1. The van der Waals surface area contributed by atoms with E-state index < -0.39 is 34.2 Å². The van der Waals surface area contributed by atoms with Crippen LogP contribution in [0.15, 0.2) is 53.7 Å². The number of carboxylic acid groups (broad SMARTS) is 1. The predicted octanol–water partition coefficient (Wildman–Crippen LogP) is 3.70. The second-order valence-electron chi connectivity index (χ2n) is 10.8. The molecule has 1 saturated heterocycles. The number of aliphatic carboxylic acids is 1. The predicted molar refractivity (Wildman–Crippen MR) is 152 cm³/mol. The number of nitrogens with zero attached hydrogens (tertiary/aromatic N) is 6. The molecule has 2 aliphatic heterocycles. The van der Waals surface area contributed by atoms with Crippen LogP contribution >= 0.6 is 0 Å². The van der Waals surface area contributed by atoms with Gasteiger partial charge in [0.25, 0.3) is 6.43 Å². The Balaban J connectivity index is 1.40. The van der Waals surface area contributed by atoms with E-state index in [1.807, 2.05) is 30.0 Å². The van der Waals surface area contributed by atoms with Crippen LogP contribution in [0.5, 0.6) is 0 Å². The van der Waals surface area contributed by atoms with E-state index in [9.17, 15) is 27.1 Å². The maximum Gasteiger partial charge on any atom is 0.304 e. The normalized spacial score (nSPS) is 19.2. The Morgan fingerprint density at radius 3 is 2.77 bits per heavy atom. The van der Waals surface area contributed by atoms with E-state index in [0.29, 0.717) is 47.8 Å². The summed E-state index contributed by atoms with van der Waals surface area (Å²) in [5.41, 5.74) is 3.57. The monoisotopic (exact) mass is 612 g/mol. The van der Waals surface area contributed by atoms with E-state index in [1.165, 1.54) is 14.9 Å². The van der Waals surface area contributed by atoms with Crippen molar-refractivity contribution >= 4 is 27.5 Å². The molecule has 2 aliphatic rings. The first kappa shape index (κ1) is 29.1. The molecular formula is C29H30F2N6O5S. The molecule has 0 spiro atoms. The van der Waals surface area contributed by atoms with Crippen molar-refractivity contribution in [2.45, 2.75) is 50.1 Å². The number of morpholine rings is 1. The van der Waals surface area contributed by atoms with Crippen LogP contribution < -0.4 is 4.90 Å². The molecule has 6 rings (SSSR count). The Morgan fingerprint density at radius 2 is 2.00 bits per heavy atom. The Morgan fingerprint density at radius 1 is 1.19 bits per heavy atom. The van der Waals surface area contributed by atoms with Gasteiger partial charge in [-0.05, 0) is 59.9 Å². The van der Waals surface area contributed by atoms with Crippen LogP contribution in [0.3, 0.4) is 0 Å². The number of fused-ring (bicyclic) bond motifs is 4. The molecular weight excluding hydrogens is 582 g/mol. The fourth-order valence-corrected chi connectivity index (χ4v) is 7.60. The Labute approximate surface area is 246 Å². The summed E-state index contributed by atoms with van der Waals surface area (Å²) in [6, 6.07) is 10.1. The molecule has 0 radical (unpaired) electrons. The van der Waals surface area contributed by atoms with Gasteiger partial charge in [-0.15, -0.1) is 10.2 Å². The van der Waals surface area contributed by atoms with Crippen molar-refractivity contribution in [3.05, 3.63) is 82.4 Å². The van der Waals surface area contributed by atoms with Crippen LogP contribution in [0.4, 0.5) is 14.6 Å². The highest BCUT2D eigenvalue weighted by Gasteiger charge is 2.39. The summed E-state index contributed by atoms with van der Waals surface area (Å²) in [5, 5.41) is 17.4. The second-order valence-corrected chi connectivity index (χ2v) is 12.7. The largest absolute Gasteiger partial charge is 0.481 e. The number of hydrogen-bond donors (Lipinski definition) is 1. The zero-order valence-corrected chi connectivity index (χ0v) is 24.3. The number of ether oxygens (including phenoxy) is 1. The van der Waals surface area contributed by atoms with Gasteiger partial charge >= 0.3 is 5.97 Å². The van der Waals surface area contributed by atoms with Crippen molar-refractivity contribution in [3.63, 3.8) is 0 Å². The molecule has 0 bridgehead atoms. The summed E-state index contributed by atoms with van der Waals surface area (Å²) in [6.45, 7) is 5.18. The van der Waals surface area contributed by atoms with Crippen LogP contribution in [0, 0.1) is 13.8 Å². The first-order chi connectivity index (χ1) is 20.6. The molecule has 14 heteroatoms. The fraction of sp³-hybridized carbons (Fsp3) is 0.379. The molecule has 0 unspecified atom stereocenters. The number of anilines is 1. The summed E-state index contributed by atoms with van der Waals surface area (Å²) in [6.07, 6.45) is -0.0823. The second kappa shape index (κ2) is 11.2. The van der Waals surface area contributed by atoms with Crippen LogP contribution in [0.2, 0.25) is 0 Å². The number of sulfonamides is 1. The molecule has 0 aliphatic carbocycles. The van der Waals surface area contributed by atoms with E-state index in [0.717, 1.165) is 5.56 Å². The van der Waals surface area contributed by atoms with Gasteiger partial charge in [-0.3, -0.25) is 9.20 Å². The molecule has 5 heterocycles. The van der Waals surface area contributed by atoms with Gasteiger partial charge in [-0.2, -0.15) is 4.31 Å². The van der Waals surface area contributed by atoms with Crippen molar-refractivity contribution in [1.29, 1.82) is 0 Å². The number of aromatic nitrogens is 4. The maximum atomic E-state index is 14.0. The minimum absolute atomic E-state index is 0.0560. The molecule has 3 aromatic heterocycles. The summed E-state index contributed by atoms with van der Waals surface area (Å²) >= 11 is 0. The quantitative estimate of drug-likeness (QED) is 0.332. The van der Waals surface area contributed by atoms with Gasteiger partial charge in [-0.1, -0.05) is 18.2 Å². The highest BCUT2D eigenvalue weighted by atomic mass is 32.2. The summed E-state index contributed by atoms with van der Waals surface area (Å²) < 4.78 is 63.1. The van der Waals surface area contributed by atoms with E-state index in [1.54, 1.807) is 31.3 Å². The van der Waals surface area contributed by atoms with E-state index in [-0.39, 0.29) is 36.1 Å². The van der Waals surface area contributed by atoms with Crippen LogP contribution in [-0.2, 0) is 26.1 Å². The SMILES string of the molecule is Cc1ccc([C@@H](CC(=O)O)c2ccn3c(C(F)F)nnc3c2C)cc1CN1C[C@H]2COCCN2c2ncccc2S1(=O)=O. The van der Waals surface area contributed by atoms with E-state index in [4.69, 9.17) is 4.74 Å². The first-order valence-electron chi connectivity index (χ1n) is 13.8. The van der Waals surface area contributed by atoms with Crippen molar-refractivity contribution in [1.82, 2.24) is 23.9 Å². The van der Waals surface area contributed by atoms with Gasteiger partial charge in [0.15, 0.2) is 5.65 Å². The number of pyridine rings is 2. The van der Waals surface area contributed by atoms with Gasteiger partial charge < -0.3 is 14.7 Å². The number of carboxylic acids is 1. The van der Waals surface area contributed by atoms with Crippen molar-refractivity contribution in [3.8, 4) is 0 Å². The lowest BCUT2D eigenvalue weighted by Gasteiger charge is -2.36. The number of hydrogen-bond acceptors (Lipinski definition) is 8. The van der Waals surface area contributed by atoms with Gasteiger partial charge in [0, 0.05) is 37.9 Å². The maximum absolute atomic E-state index is 14.0. The molecule has 4 aromatic rings. The van der Waals surface area contributed by atoms with E-state index >= 15 is 0 Å². The molecule has 0 saturated carbocycles. The number of aryl methyl sites for hydroxylation is 2.